The largest absolute Gasteiger partial charge is 0.481 e. The molecule has 23 heavy (non-hydrogen) atoms. The van der Waals surface area contributed by atoms with E-state index in [-0.39, 0.29) is 12.5 Å². The molecule has 2 atom stereocenters. The van der Waals surface area contributed by atoms with Crippen molar-refractivity contribution in [2.75, 3.05) is 11.9 Å². The predicted octanol–water partition coefficient (Wildman–Crippen LogP) is 2.84. The van der Waals surface area contributed by atoms with E-state index in [1.165, 1.54) is 0 Å². The van der Waals surface area contributed by atoms with Crippen LogP contribution in [0, 0.1) is 18.8 Å². The second-order valence-electron chi connectivity index (χ2n) is 5.33. The van der Waals surface area contributed by atoms with E-state index in [9.17, 15) is 19.5 Å². The van der Waals surface area contributed by atoms with Crippen molar-refractivity contribution in [2.45, 2.75) is 26.7 Å². The third-order valence-electron chi connectivity index (χ3n) is 3.71. The number of esters is 1. The molecule has 1 heterocycles. The number of aliphatic carboxylic acids is 1. The second kappa shape index (κ2) is 7.41. The van der Waals surface area contributed by atoms with Crippen molar-refractivity contribution in [1.82, 2.24) is 0 Å². The highest BCUT2D eigenvalue weighted by Crippen LogP contribution is 2.31. The minimum atomic E-state index is -0.968. The van der Waals surface area contributed by atoms with E-state index in [0.717, 1.165) is 16.9 Å². The summed E-state index contributed by atoms with van der Waals surface area (Å²) in [5, 5.41) is 12.5. The van der Waals surface area contributed by atoms with E-state index in [1.54, 1.807) is 26.0 Å². The number of carboxylic acid groups (broad SMARTS) is 1. The highest BCUT2D eigenvalue weighted by Gasteiger charge is 2.34. The van der Waals surface area contributed by atoms with Gasteiger partial charge in [0.05, 0.1) is 23.4 Å². The predicted molar refractivity (Wildman–Crippen MR) is 86.6 cm³/mol. The first-order valence-electron chi connectivity index (χ1n) is 7.40. The van der Waals surface area contributed by atoms with Crippen LogP contribution in [0.25, 0.3) is 0 Å². The molecular formula is C16H19NO5S. The molecule has 1 aliphatic rings. The van der Waals surface area contributed by atoms with Gasteiger partial charge in [-0.15, -0.1) is 11.3 Å². The van der Waals surface area contributed by atoms with E-state index >= 15 is 0 Å². The smallest absolute Gasteiger partial charge is 0.348 e. The minimum absolute atomic E-state index is 0.284. The van der Waals surface area contributed by atoms with Gasteiger partial charge in [0.2, 0.25) is 5.91 Å². The maximum atomic E-state index is 12.4. The highest BCUT2D eigenvalue weighted by atomic mass is 32.1. The fraction of sp³-hybridized carbons (Fsp3) is 0.438. The summed E-state index contributed by atoms with van der Waals surface area (Å²) in [6.45, 7) is 3.78. The molecule has 0 aromatic carbocycles. The van der Waals surface area contributed by atoms with Gasteiger partial charge in [-0.2, -0.15) is 0 Å². The van der Waals surface area contributed by atoms with Gasteiger partial charge in [0, 0.05) is 0 Å². The first kappa shape index (κ1) is 17.2. The van der Waals surface area contributed by atoms with Crippen LogP contribution in [-0.2, 0) is 14.3 Å². The van der Waals surface area contributed by atoms with Gasteiger partial charge in [-0.25, -0.2) is 4.79 Å². The molecule has 0 radical (unpaired) electrons. The number of hydrogen-bond donors (Lipinski definition) is 2. The van der Waals surface area contributed by atoms with E-state index in [2.05, 4.69) is 5.32 Å². The molecule has 7 heteroatoms. The zero-order chi connectivity index (χ0) is 17.0. The Morgan fingerprint density at radius 1 is 1.30 bits per heavy atom. The zero-order valence-corrected chi connectivity index (χ0v) is 13.8. The summed E-state index contributed by atoms with van der Waals surface area (Å²) in [5.41, 5.74) is 0.724. The molecule has 6 nitrogen and oxygen atoms in total. The number of hydrogen-bond acceptors (Lipinski definition) is 5. The maximum absolute atomic E-state index is 12.4. The average Bonchev–Trinajstić information content (AvgIpc) is 2.88. The number of allylic oxidation sites excluding steroid dienone is 2. The van der Waals surface area contributed by atoms with E-state index in [4.69, 9.17) is 4.74 Å². The third-order valence-corrected chi connectivity index (χ3v) is 4.84. The Kier molecular flexibility index (Phi) is 5.54. The number of carbonyl (C=O) groups excluding carboxylic acids is 2. The van der Waals surface area contributed by atoms with Crippen LogP contribution in [0.4, 0.5) is 5.00 Å². The van der Waals surface area contributed by atoms with Gasteiger partial charge in [0.25, 0.3) is 0 Å². The van der Waals surface area contributed by atoms with Crippen molar-refractivity contribution in [2.24, 2.45) is 11.8 Å². The first-order chi connectivity index (χ1) is 10.9. The number of thiophene rings is 1. The van der Waals surface area contributed by atoms with Gasteiger partial charge in [-0.05, 0) is 38.3 Å². The number of ether oxygens (including phenoxy) is 1. The van der Waals surface area contributed by atoms with E-state index in [0.29, 0.717) is 22.7 Å². The zero-order valence-electron chi connectivity index (χ0n) is 13.0. The first-order valence-corrected chi connectivity index (χ1v) is 8.21. The molecule has 0 saturated heterocycles. The molecule has 124 valence electrons. The molecule has 0 spiro atoms. The Bertz CT molecular complexity index is 649. The number of carboxylic acids is 1. The molecule has 2 N–H and O–H groups in total. The Morgan fingerprint density at radius 3 is 2.57 bits per heavy atom. The molecular weight excluding hydrogens is 318 g/mol. The van der Waals surface area contributed by atoms with Crippen LogP contribution >= 0.6 is 11.3 Å². The third kappa shape index (κ3) is 3.98. The SMILES string of the molecule is CCOC(=O)c1sc(NC(=O)[C@@H]2CC=CC[C@H]2C(=O)O)cc1C. The summed E-state index contributed by atoms with van der Waals surface area (Å²) < 4.78 is 4.96. The summed E-state index contributed by atoms with van der Waals surface area (Å²) in [7, 11) is 0. The van der Waals surface area contributed by atoms with Crippen LogP contribution < -0.4 is 5.32 Å². The molecule has 0 fully saturated rings. The Morgan fingerprint density at radius 2 is 1.96 bits per heavy atom. The normalized spacial score (nSPS) is 20.1. The van der Waals surface area contributed by atoms with Gasteiger partial charge >= 0.3 is 11.9 Å². The van der Waals surface area contributed by atoms with Gasteiger partial charge < -0.3 is 15.2 Å². The number of nitrogens with one attached hydrogen (secondary N) is 1. The van der Waals surface area contributed by atoms with E-state index < -0.39 is 23.8 Å². The molecule has 0 saturated carbocycles. The lowest BCUT2D eigenvalue weighted by Gasteiger charge is -2.23. The number of anilines is 1. The topological polar surface area (TPSA) is 92.7 Å². The van der Waals surface area contributed by atoms with Crippen molar-refractivity contribution in [3.63, 3.8) is 0 Å². The van der Waals surface area contributed by atoms with Crippen molar-refractivity contribution >= 4 is 34.2 Å². The fourth-order valence-corrected chi connectivity index (χ4v) is 3.50. The monoisotopic (exact) mass is 337 g/mol. The molecule has 1 aliphatic carbocycles. The summed E-state index contributed by atoms with van der Waals surface area (Å²) in [6.07, 6.45) is 4.37. The minimum Gasteiger partial charge on any atom is -0.481 e. The van der Waals surface area contributed by atoms with Gasteiger partial charge in [-0.3, -0.25) is 9.59 Å². The molecule has 1 aromatic heterocycles. The maximum Gasteiger partial charge on any atom is 0.348 e. The average molecular weight is 337 g/mol. The fourth-order valence-electron chi connectivity index (χ4n) is 2.53. The summed E-state index contributed by atoms with van der Waals surface area (Å²) >= 11 is 1.14. The molecule has 2 rings (SSSR count). The summed E-state index contributed by atoms with van der Waals surface area (Å²) in [4.78, 5) is 35.9. The van der Waals surface area contributed by atoms with Gasteiger partial charge in [0.15, 0.2) is 0 Å². The van der Waals surface area contributed by atoms with Gasteiger partial charge in [-0.1, -0.05) is 12.2 Å². The lowest BCUT2D eigenvalue weighted by molar-refractivity contribution is -0.146. The second-order valence-corrected chi connectivity index (χ2v) is 6.38. The van der Waals surface area contributed by atoms with Crippen LogP contribution in [0.3, 0.4) is 0 Å². The Hall–Kier alpha value is -2.15. The van der Waals surface area contributed by atoms with Crippen LogP contribution in [0.2, 0.25) is 0 Å². The molecule has 0 aliphatic heterocycles. The summed E-state index contributed by atoms with van der Waals surface area (Å²) in [6, 6.07) is 1.70. The van der Waals surface area contributed by atoms with Crippen molar-refractivity contribution in [1.29, 1.82) is 0 Å². The Balaban J connectivity index is 2.11. The number of amides is 1. The molecule has 0 unspecified atom stereocenters. The lowest BCUT2D eigenvalue weighted by Crippen LogP contribution is -2.34. The number of rotatable bonds is 5. The number of aryl methyl sites for hydroxylation is 1. The van der Waals surface area contributed by atoms with Gasteiger partial charge in [0.1, 0.15) is 4.88 Å². The van der Waals surface area contributed by atoms with Crippen molar-refractivity contribution in [3.05, 3.63) is 28.7 Å². The molecule has 0 bridgehead atoms. The van der Waals surface area contributed by atoms with E-state index in [1.807, 2.05) is 6.08 Å². The molecule has 1 aromatic rings. The van der Waals surface area contributed by atoms with Crippen LogP contribution in [-0.4, -0.2) is 29.6 Å². The standard InChI is InChI=1S/C16H19NO5S/c1-3-22-16(21)13-9(2)8-12(23-13)17-14(18)10-6-4-5-7-11(10)15(19)20/h4-5,8,10-11H,3,6-7H2,1-2H3,(H,17,18)(H,19,20)/t10-,11-/m1/s1. The number of carbonyl (C=O) groups is 3. The Labute approximate surface area is 138 Å². The van der Waals surface area contributed by atoms with Crippen molar-refractivity contribution < 1.29 is 24.2 Å². The van der Waals surface area contributed by atoms with Crippen LogP contribution in [0.15, 0.2) is 18.2 Å². The molecule has 1 amide bonds. The van der Waals surface area contributed by atoms with Crippen molar-refractivity contribution in [3.8, 4) is 0 Å². The van der Waals surface area contributed by atoms with Crippen LogP contribution in [0.1, 0.15) is 35.0 Å². The van der Waals surface area contributed by atoms with Crippen LogP contribution in [0.5, 0.6) is 0 Å². The quantitative estimate of drug-likeness (QED) is 0.636. The highest BCUT2D eigenvalue weighted by molar-refractivity contribution is 7.18. The summed E-state index contributed by atoms with van der Waals surface area (Å²) in [5.74, 6) is -3.04. The lowest BCUT2D eigenvalue weighted by atomic mass is 9.82.